The van der Waals surface area contributed by atoms with Gasteiger partial charge in [-0.25, -0.2) is 0 Å². The molecule has 0 bridgehead atoms. The first-order chi connectivity index (χ1) is 9.20. The summed E-state index contributed by atoms with van der Waals surface area (Å²) in [7, 11) is 0. The molecule has 100 valence electrons. The summed E-state index contributed by atoms with van der Waals surface area (Å²) in [5.41, 5.74) is 7.70. The molecule has 1 amide bonds. The van der Waals surface area contributed by atoms with Crippen molar-refractivity contribution in [3.63, 3.8) is 0 Å². The van der Waals surface area contributed by atoms with Crippen LogP contribution in [0.25, 0.3) is 0 Å². The molecule has 3 N–H and O–H groups in total. The fraction of sp³-hybridized carbons (Fsp3) is 0.267. The number of rotatable bonds is 5. The molecule has 1 aromatic carbocycles. The van der Waals surface area contributed by atoms with Gasteiger partial charge < -0.3 is 11.1 Å². The van der Waals surface area contributed by atoms with E-state index in [0.717, 1.165) is 11.1 Å². The number of hydrogen-bond donors (Lipinski definition) is 2. The molecular formula is C15H18N2OS. The van der Waals surface area contributed by atoms with Crippen molar-refractivity contribution < 1.29 is 4.79 Å². The van der Waals surface area contributed by atoms with E-state index in [4.69, 9.17) is 5.73 Å². The monoisotopic (exact) mass is 274 g/mol. The van der Waals surface area contributed by atoms with E-state index in [1.807, 2.05) is 48.7 Å². The van der Waals surface area contributed by atoms with Gasteiger partial charge in [-0.1, -0.05) is 30.3 Å². The highest BCUT2D eigenvalue weighted by Crippen LogP contribution is 2.18. The Morgan fingerprint density at radius 3 is 2.63 bits per heavy atom. The predicted octanol–water partition coefficient (Wildman–Crippen LogP) is 2.63. The third-order valence-electron chi connectivity index (χ3n) is 3.04. The van der Waals surface area contributed by atoms with Crippen LogP contribution in [0.15, 0.2) is 41.8 Å². The zero-order chi connectivity index (χ0) is 13.7. The van der Waals surface area contributed by atoms with Crippen LogP contribution in [0.1, 0.15) is 29.0 Å². The van der Waals surface area contributed by atoms with Crippen LogP contribution in [0.5, 0.6) is 0 Å². The third-order valence-corrected chi connectivity index (χ3v) is 4.09. The first-order valence-corrected chi connectivity index (χ1v) is 7.18. The number of carbonyl (C=O) groups excluding carboxylic acids is 1. The lowest BCUT2D eigenvalue weighted by Gasteiger charge is -2.13. The molecule has 3 nitrogen and oxygen atoms in total. The number of nitrogens with one attached hydrogen (secondary N) is 1. The van der Waals surface area contributed by atoms with Gasteiger partial charge in [-0.3, -0.25) is 4.79 Å². The van der Waals surface area contributed by atoms with E-state index in [1.165, 1.54) is 4.88 Å². The standard InChI is InChI=1S/C15H18N2OS/c1-11(14-7-4-8-19-14)17-15(18)9-12-5-2-3-6-13(12)10-16/h2-8,11H,9-10,16H2,1H3,(H,17,18)/t11-/m1/s1. The minimum Gasteiger partial charge on any atom is -0.348 e. The number of carbonyl (C=O) groups is 1. The van der Waals surface area contributed by atoms with Crippen molar-refractivity contribution in [3.05, 3.63) is 57.8 Å². The molecule has 1 atom stereocenters. The first-order valence-electron chi connectivity index (χ1n) is 6.30. The highest BCUT2D eigenvalue weighted by atomic mass is 32.1. The van der Waals surface area contributed by atoms with Gasteiger partial charge in [0.25, 0.3) is 0 Å². The number of hydrogen-bond acceptors (Lipinski definition) is 3. The second kappa shape index (κ2) is 6.50. The summed E-state index contributed by atoms with van der Waals surface area (Å²) in [6.07, 6.45) is 0.378. The van der Waals surface area contributed by atoms with E-state index in [9.17, 15) is 4.79 Å². The van der Waals surface area contributed by atoms with Gasteiger partial charge >= 0.3 is 0 Å². The van der Waals surface area contributed by atoms with E-state index >= 15 is 0 Å². The van der Waals surface area contributed by atoms with Gasteiger partial charge in [-0.2, -0.15) is 0 Å². The lowest BCUT2D eigenvalue weighted by atomic mass is 10.0. The van der Waals surface area contributed by atoms with Gasteiger partial charge in [0, 0.05) is 11.4 Å². The van der Waals surface area contributed by atoms with Crippen LogP contribution in [-0.4, -0.2) is 5.91 Å². The Balaban J connectivity index is 1.98. The van der Waals surface area contributed by atoms with Crippen molar-refractivity contribution >= 4 is 17.2 Å². The lowest BCUT2D eigenvalue weighted by Crippen LogP contribution is -2.28. The van der Waals surface area contributed by atoms with E-state index < -0.39 is 0 Å². The van der Waals surface area contributed by atoms with Gasteiger partial charge in [0.1, 0.15) is 0 Å². The molecule has 2 aromatic rings. The Morgan fingerprint density at radius 1 is 1.26 bits per heavy atom. The second-order valence-corrected chi connectivity index (χ2v) is 5.43. The Morgan fingerprint density at radius 2 is 2.00 bits per heavy atom. The molecule has 1 aromatic heterocycles. The Labute approximate surface area is 117 Å². The van der Waals surface area contributed by atoms with Gasteiger partial charge in [0.2, 0.25) is 5.91 Å². The Kier molecular flexibility index (Phi) is 4.71. The van der Waals surface area contributed by atoms with Gasteiger partial charge in [0.15, 0.2) is 0 Å². The maximum Gasteiger partial charge on any atom is 0.224 e. The van der Waals surface area contributed by atoms with Crippen molar-refractivity contribution in [2.75, 3.05) is 0 Å². The van der Waals surface area contributed by atoms with Gasteiger partial charge in [-0.15, -0.1) is 11.3 Å². The SMILES string of the molecule is C[C@@H](NC(=O)Cc1ccccc1CN)c1cccs1. The number of nitrogens with two attached hydrogens (primary N) is 1. The highest BCUT2D eigenvalue weighted by molar-refractivity contribution is 7.10. The van der Waals surface area contributed by atoms with Crippen molar-refractivity contribution in [1.82, 2.24) is 5.32 Å². The van der Waals surface area contributed by atoms with Crippen LogP contribution in [0, 0.1) is 0 Å². The van der Waals surface area contributed by atoms with Crippen LogP contribution in [0.2, 0.25) is 0 Å². The summed E-state index contributed by atoms with van der Waals surface area (Å²) in [6.45, 7) is 2.46. The topological polar surface area (TPSA) is 55.1 Å². The van der Waals surface area contributed by atoms with Crippen LogP contribution >= 0.6 is 11.3 Å². The lowest BCUT2D eigenvalue weighted by molar-refractivity contribution is -0.121. The largest absolute Gasteiger partial charge is 0.348 e. The molecule has 0 unspecified atom stereocenters. The summed E-state index contributed by atoms with van der Waals surface area (Å²) in [5, 5.41) is 5.03. The summed E-state index contributed by atoms with van der Waals surface area (Å²) in [6, 6.07) is 11.9. The molecule has 4 heteroatoms. The van der Waals surface area contributed by atoms with Crippen LogP contribution in [0.3, 0.4) is 0 Å². The average molecular weight is 274 g/mol. The molecule has 0 aliphatic carbocycles. The van der Waals surface area contributed by atoms with E-state index in [1.54, 1.807) is 11.3 Å². The molecule has 19 heavy (non-hydrogen) atoms. The van der Waals surface area contributed by atoms with Gasteiger partial charge in [-0.05, 0) is 29.5 Å². The fourth-order valence-electron chi connectivity index (χ4n) is 2.00. The van der Waals surface area contributed by atoms with Crippen molar-refractivity contribution in [2.24, 2.45) is 5.73 Å². The normalized spacial score (nSPS) is 12.1. The Hall–Kier alpha value is -1.65. The van der Waals surface area contributed by atoms with E-state index in [-0.39, 0.29) is 11.9 Å². The third kappa shape index (κ3) is 3.66. The molecule has 0 radical (unpaired) electrons. The summed E-state index contributed by atoms with van der Waals surface area (Å²) in [4.78, 5) is 13.2. The molecular weight excluding hydrogens is 256 g/mol. The van der Waals surface area contributed by atoms with Crippen LogP contribution < -0.4 is 11.1 Å². The molecule has 0 aliphatic heterocycles. The fourth-order valence-corrected chi connectivity index (χ4v) is 2.74. The maximum atomic E-state index is 12.0. The smallest absolute Gasteiger partial charge is 0.224 e. The van der Waals surface area contributed by atoms with Crippen LogP contribution in [-0.2, 0) is 17.8 Å². The summed E-state index contributed by atoms with van der Waals surface area (Å²) in [5.74, 6) is 0.0294. The zero-order valence-electron chi connectivity index (χ0n) is 10.9. The summed E-state index contributed by atoms with van der Waals surface area (Å²) < 4.78 is 0. The first kappa shape index (κ1) is 13.8. The van der Waals surface area contributed by atoms with Gasteiger partial charge in [0.05, 0.1) is 12.5 Å². The molecule has 0 spiro atoms. The minimum absolute atomic E-state index is 0.0294. The second-order valence-electron chi connectivity index (χ2n) is 4.45. The highest BCUT2D eigenvalue weighted by Gasteiger charge is 2.12. The van der Waals surface area contributed by atoms with Crippen molar-refractivity contribution in [3.8, 4) is 0 Å². The molecule has 2 rings (SSSR count). The number of benzene rings is 1. The summed E-state index contributed by atoms with van der Waals surface area (Å²) >= 11 is 1.65. The Bertz CT molecular complexity index is 537. The van der Waals surface area contributed by atoms with E-state index in [2.05, 4.69) is 5.32 Å². The van der Waals surface area contributed by atoms with Crippen molar-refractivity contribution in [1.29, 1.82) is 0 Å². The van der Waals surface area contributed by atoms with Crippen molar-refractivity contribution in [2.45, 2.75) is 25.9 Å². The predicted molar refractivity (Wildman–Crippen MR) is 78.9 cm³/mol. The molecule has 1 heterocycles. The quantitative estimate of drug-likeness (QED) is 0.880. The maximum absolute atomic E-state index is 12.0. The average Bonchev–Trinajstić information content (AvgIpc) is 2.93. The minimum atomic E-state index is 0.0294. The molecule has 0 fully saturated rings. The van der Waals surface area contributed by atoms with E-state index in [0.29, 0.717) is 13.0 Å². The number of thiophene rings is 1. The molecule has 0 saturated heterocycles. The zero-order valence-corrected chi connectivity index (χ0v) is 11.7. The molecule has 0 aliphatic rings. The molecule has 0 saturated carbocycles. The van der Waals surface area contributed by atoms with Crippen LogP contribution in [0.4, 0.5) is 0 Å². The number of amides is 1.